The number of hydrogen-bond acceptors (Lipinski definition) is 3. The van der Waals surface area contributed by atoms with Crippen LogP contribution in [0, 0.1) is 0 Å². The summed E-state index contributed by atoms with van der Waals surface area (Å²) < 4.78 is 11.1. The second-order valence-corrected chi connectivity index (χ2v) is 3.83. The Hall–Kier alpha value is 0.270. The van der Waals surface area contributed by atoms with E-state index in [2.05, 4.69) is 0 Å². The molecule has 3 heteroatoms. The van der Waals surface area contributed by atoms with Crippen molar-refractivity contribution < 1.29 is 9.47 Å². The molecule has 0 aromatic carbocycles. The number of ether oxygens (including phenoxy) is 2. The number of rotatable bonds is 0. The van der Waals surface area contributed by atoms with Crippen molar-refractivity contribution in [2.45, 2.75) is 18.6 Å². The van der Waals surface area contributed by atoms with Crippen LogP contribution in [0.25, 0.3) is 0 Å². The molecule has 0 N–H and O–H groups in total. The van der Waals surface area contributed by atoms with Gasteiger partial charge in [0.05, 0.1) is 18.8 Å². The topological polar surface area (TPSA) is 18.5 Å². The maximum Gasteiger partial charge on any atom is 0.0927 e. The van der Waals surface area contributed by atoms with Gasteiger partial charge in [0.25, 0.3) is 0 Å². The van der Waals surface area contributed by atoms with Crippen molar-refractivity contribution in [2.24, 2.45) is 0 Å². The molecule has 0 spiro atoms. The average molecular weight is 160 g/mol. The van der Waals surface area contributed by atoms with Crippen molar-refractivity contribution in [1.82, 2.24) is 0 Å². The molecule has 0 aromatic rings. The summed E-state index contributed by atoms with van der Waals surface area (Å²) in [4.78, 5) is 0. The molecular formula is C7H12O2S. The average Bonchev–Trinajstić information content (AvgIpc) is 2.28. The van der Waals surface area contributed by atoms with Crippen LogP contribution in [0.2, 0.25) is 0 Å². The zero-order chi connectivity index (χ0) is 6.81. The lowest BCUT2D eigenvalue weighted by Crippen LogP contribution is -2.24. The molecule has 10 heavy (non-hydrogen) atoms. The van der Waals surface area contributed by atoms with Gasteiger partial charge in [-0.25, -0.2) is 0 Å². The molecule has 2 rings (SSSR count). The van der Waals surface area contributed by atoms with Crippen LogP contribution < -0.4 is 0 Å². The third-order valence-corrected chi connectivity index (χ3v) is 3.01. The molecule has 0 radical (unpaired) electrons. The zero-order valence-corrected chi connectivity index (χ0v) is 6.73. The van der Waals surface area contributed by atoms with Gasteiger partial charge in [0.2, 0.25) is 0 Å². The van der Waals surface area contributed by atoms with Gasteiger partial charge in [-0.05, 0) is 6.42 Å². The Bertz CT molecular complexity index is 106. The lowest BCUT2D eigenvalue weighted by molar-refractivity contribution is 0.0126. The molecule has 0 aromatic heterocycles. The van der Waals surface area contributed by atoms with Crippen molar-refractivity contribution in [1.29, 1.82) is 0 Å². The maximum atomic E-state index is 5.58. The lowest BCUT2D eigenvalue weighted by atomic mass is 10.2. The van der Waals surface area contributed by atoms with Gasteiger partial charge < -0.3 is 9.47 Å². The third-order valence-electron chi connectivity index (χ3n) is 1.99. The number of thioether (sulfide) groups is 1. The van der Waals surface area contributed by atoms with Gasteiger partial charge in [0.1, 0.15) is 0 Å². The van der Waals surface area contributed by atoms with E-state index in [4.69, 9.17) is 9.47 Å². The molecule has 2 saturated heterocycles. The molecule has 2 aliphatic rings. The highest BCUT2D eigenvalue weighted by Crippen LogP contribution is 2.23. The van der Waals surface area contributed by atoms with E-state index >= 15 is 0 Å². The Morgan fingerprint density at radius 3 is 3.00 bits per heavy atom. The largest absolute Gasteiger partial charge is 0.375 e. The monoisotopic (exact) mass is 160 g/mol. The van der Waals surface area contributed by atoms with Crippen LogP contribution >= 0.6 is 11.8 Å². The highest BCUT2D eigenvalue weighted by atomic mass is 32.2. The normalized spacial score (nSPS) is 40.8. The summed E-state index contributed by atoms with van der Waals surface area (Å²) in [5.74, 6) is 2.26. The van der Waals surface area contributed by atoms with Crippen molar-refractivity contribution in [3.8, 4) is 0 Å². The molecule has 2 unspecified atom stereocenters. The van der Waals surface area contributed by atoms with Gasteiger partial charge in [0, 0.05) is 18.1 Å². The summed E-state index contributed by atoms with van der Waals surface area (Å²) in [6.45, 7) is 1.81. The Balaban J connectivity index is 1.95. The minimum Gasteiger partial charge on any atom is -0.375 e. The van der Waals surface area contributed by atoms with Gasteiger partial charge in [-0.1, -0.05) is 0 Å². The molecule has 2 nitrogen and oxygen atoms in total. The summed E-state index contributed by atoms with van der Waals surface area (Å²) in [7, 11) is 0. The smallest absolute Gasteiger partial charge is 0.0927 e. The zero-order valence-electron chi connectivity index (χ0n) is 5.91. The van der Waals surface area contributed by atoms with E-state index in [1.165, 1.54) is 0 Å². The summed E-state index contributed by atoms with van der Waals surface area (Å²) in [5, 5.41) is 0. The van der Waals surface area contributed by atoms with E-state index in [0.717, 1.165) is 31.1 Å². The van der Waals surface area contributed by atoms with Crippen LogP contribution in [0.15, 0.2) is 0 Å². The Labute approximate surface area is 65.3 Å². The van der Waals surface area contributed by atoms with Crippen molar-refractivity contribution in [2.75, 3.05) is 24.7 Å². The molecule has 2 heterocycles. The molecule has 2 aliphatic heterocycles. The van der Waals surface area contributed by atoms with Crippen LogP contribution in [0.4, 0.5) is 0 Å². The molecular weight excluding hydrogens is 148 g/mol. The lowest BCUT2D eigenvalue weighted by Gasteiger charge is -2.13. The summed E-state index contributed by atoms with van der Waals surface area (Å²) in [5.41, 5.74) is 0. The van der Waals surface area contributed by atoms with Gasteiger partial charge in [-0.2, -0.15) is 11.8 Å². The molecule has 0 amide bonds. The van der Waals surface area contributed by atoms with Gasteiger partial charge in [0.15, 0.2) is 0 Å². The fourth-order valence-electron chi connectivity index (χ4n) is 1.43. The Morgan fingerprint density at radius 2 is 2.00 bits per heavy atom. The summed E-state index contributed by atoms with van der Waals surface area (Å²) >= 11 is 1.94. The van der Waals surface area contributed by atoms with Crippen molar-refractivity contribution in [3.63, 3.8) is 0 Å². The minimum absolute atomic E-state index is 0.396. The fourth-order valence-corrected chi connectivity index (χ4v) is 2.36. The second-order valence-electron chi connectivity index (χ2n) is 2.68. The number of hydrogen-bond donors (Lipinski definition) is 0. The second kappa shape index (κ2) is 3.11. The van der Waals surface area contributed by atoms with Crippen LogP contribution in [-0.4, -0.2) is 36.9 Å². The SMILES string of the molecule is C1CSCC2OCCC2O1. The van der Waals surface area contributed by atoms with Gasteiger partial charge in [-0.3, -0.25) is 0 Å². The fraction of sp³-hybridized carbons (Fsp3) is 1.00. The van der Waals surface area contributed by atoms with Crippen molar-refractivity contribution >= 4 is 11.8 Å². The van der Waals surface area contributed by atoms with E-state index in [0.29, 0.717) is 12.2 Å². The molecule has 58 valence electrons. The third kappa shape index (κ3) is 1.31. The minimum atomic E-state index is 0.396. The van der Waals surface area contributed by atoms with Crippen LogP contribution in [0.1, 0.15) is 6.42 Å². The molecule has 2 fully saturated rings. The predicted molar refractivity (Wildman–Crippen MR) is 41.4 cm³/mol. The summed E-state index contributed by atoms with van der Waals surface area (Å²) in [6, 6.07) is 0. The van der Waals surface area contributed by atoms with E-state index in [1.54, 1.807) is 0 Å². The summed E-state index contributed by atoms with van der Waals surface area (Å²) in [6.07, 6.45) is 1.91. The van der Waals surface area contributed by atoms with E-state index < -0.39 is 0 Å². The first-order chi connectivity index (χ1) is 4.97. The molecule has 0 bridgehead atoms. The molecule has 0 saturated carbocycles. The van der Waals surface area contributed by atoms with E-state index in [-0.39, 0.29) is 0 Å². The van der Waals surface area contributed by atoms with Crippen LogP contribution in [-0.2, 0) is 9.47 Å². The first kappa shape index (κ1) is 6.95. The van der Waals surface area contributed by atoms with Gasteiger partial charge >= 0.3 is 0 Å². The Morgan fingerprint density at radius 1 is 1.10 bits per heavy atom. The predicted octanol–water partition coefficient (Wildman–Crippen LogP) is 0.907. The first-order valence-corrected chi connectivity index (χ1v) is 4.93. The standard InChI is InChI=1S/C7H12O2S/c1-2-8-7-5-10-4-3-9-6(1)7/h6-7H,1-5H2. The highest BCUT2D eigenvalue weighted by Gasteiger charge is 2.30. The van der Waals surface area contributed by atoms with Gasteiger partial charge in [-0.15, -0.1) is 0 Å². The van der Waals surface area contributed by atoms with Crippen LogP contribution in [0.3, 0.4) is 0 Å². The Kier molecular flexibility index (Phi) is 2.16. The number of fused-ring (bicyclic) bond motifs is 1. The van der Waals surface area contributed by atoms with Crippen LogP contribution in [0.5, 0.6) is 0 Å². The molecule has 2 atom stereocenters. The maximum absolute atomic E-state index is 5.58. The first-order valence-electron chi connectivity index (χ1n) is 3.78. The molecule has 0 aliphatic carbocycles. The highest BCUT2D eigenvalue weighted by molar-refractivity contribution is 7.99. The quantitative estimate of drug-likeness (QED) is 0.524. The van der Waals surface area contributed by atoms with E-state index in [9.17, 15) is 0 Å². The van der Waals surface area contributed by atoms with E-state index in [1.807, 2.05) is 11.8 Å². The van der Waals surface area contributed by atoms with Crippen molar-refractivity contribution in [3.05, 3.63) is 0 Å².